The summed E-state index contributed by atoms with van der Waals surface area (Å²) >= 11 is 1.58. The van der Waals surface area contributed by atoms with Crippen molar-refractivity contribution in [2.24, 2.45) is 0 Å². The number of aromatic nitrogens is 1. The van der Waals surface area contributed by atoms with E-state index in [1.807, 2.05) is 18.2 Å². The predicted molar refractivity (Wildman–Crippen MR) is 85.2 cm³/mol. The van der Waals surface area contributed by atoms with Crippen molar-refractivity contribution in [3.05, 3.63) is 64.7 Å². The number of thiazole rings is 1. The Morgan fingerprint density at radius 1 is 1.24 bits per heavy atom. The summed E-state index contributed by atoms with van der Waals surface area (Å²) in [6, 6.07) is 15.4. The molecule has 2 aromatic carbocycles. The van der Waals surface area contributed by atoms with Crippen LogP contribution < -0.4 is 0 Å². The van der Waals surface area contributed by atoms with Crippen LogP contribution in [0.2, 0.25) is 0 Å². The largest absolute Gasteiger partial charge is 0.478 e. The third-order valence-corrected chi connectivity index (χ3v) is 4.69. The molecule has 0 spiro atoms. The van der Waals surface area contributed by atoms with E-state index in [-0.39, 0.29) is 5.92 Å². The van der Waals surface area contributed by atoms with Gasteiger partial charge in [0.25, 0.3) is 0 Å². The van der Waals surface area contributed by atoms with Crippen molar-refractivity contribution in [1.29, 1.82) is 0 Å². The van der Waals surface area contributed by atoms with Gasteiger partial charge >= 0.3 is 5.97 Å². The fourth-order valence-electron chi connectivity index (χ4n) is 2.46. The molecule has 3 nitrogen and oxygen atoms in total. The highest BCUT2D eigenvalue weighted by Crippen LogP contribution is 2.34. The maximum atomic E-state index is 11.0. The van der Waals surface area contributed by atoms with E-state index < -0.39 is 5.97 Å². The van der Waals surface area contributed by atoms with Gasteiger partial charge in [0, 0.05) is 5.92 Å². The van der Waals surface area contributed by atoms with Crippen LogP contribution in [0.15, 0.2) is 48.5 Å². The summed E-state index contributed by atoms with van der Waals surface area (Å²) in [5, 5.41) is 10.1. The van der Waals surface area contributed by atoms with E-state index in [1.54, 1.807) is 29.5 Å². The Bertz CT molecular complexity index is 780. The topological polar surface area (TPSA) is 50.2 Å². The molecule has 1 heterocycles. The lowest BCUT2D eigenvalue weighted by molar-refractivity contribution is 0.0697. The highest BCUT2D eigenvalue weighted by molar-refractivity contribution is 7.18. The van der Waals surface area contributed by atoms with Crippen LogP contribution in [-0.4, -0.2) is 16.1 Å². The molecule has 0 saturated heterocycles. The van der Waals surface area contributed by atoms with Gasteiger partial charge in [-0.3, -0.25) is 0 Å². The van der Waals surface area contributed by atoms with Crippen molar-refractivity contribution in [2.45, 2.75) is 19.3 Å². The Hall–Kier alpha value is -2.20. The van der Waals surface area contributed by atoms with Crippen LogP contribution in [0.3, 0.4) is 0 Å². The van der Waals surface area contributed by atoms with Crippen LogP contribution in [0, 0.1) is 0 Å². The lowest BCUT2D eigenvalue weighted by Crippen LogP contribution is -1.98. The molecule has 0 fully saturated rings. The summed E-state index contributed by atoms with van der Waals surface area (Å²) in [6.07, 6.45) is 0.968. The zero-order valence-corrected chi connectivity index (χ0v) is 12.4. The van der Waals surface area contributed by atoms with Crippen molar-refractivity contribution < 1.29 is 9.90 Å². The number of carboxylic acids is 1. The highest BCUT2D eigenvalue weighted by Gasteiger charge is 2.17. The van der Waals surface area contributed by atoms with Crippen LogP contribution in [-0.2, 0) is 0 Å². The zero-order chi connectivity index (χ0) is 14.8. The Morgan fingerprint density at radius 3 is 2.67 bits per heavy atom. The molecule has 0 saturated carbocycles. The van der Waals surface area contributed by atoms with Crippen molar-refractivity contribution in [2.75, 3.05) is 0 Å². The van der Waals surface area contributed by atoms with Gasteiger partial charge in [-0.2, -0.15) is 0 Å². The molecule has 0 amide bonds. The van der Waals surface area contributed by atoms with Crippen LogP contribution in [0.4, 0.5) is 0 Å². The monoisotopic (exact) mass is 297 g/mol. The number of hydrogen-bond acceptors (Lipinski definition) is 3. The third-order valence-electron chi connectivity index (χ3n) is 3.56. The Balaban J connectivity index is 2.05. The Labute approximate surface area is 126 Å². The summed E-state index contributed by atoms with van der Waals surface area (Å²) in [7, 11) is 0. The molecule has 4 heteroatoms. The van der Waals surface area contributed by atoms with Crippen LogP contribution in [0.25, 0.3) is 10.2 Å². The third kappa shape index (κ3) is 2.67. The molecule has 0 aliphatic rings. The van der Waals surface area contributed by atoms with Crippen LogP contribution in [0.1, 0.15) is 40.2 Å². The van der Waals surface area contributed by atoms with Gasteiger partial charge in [0.15, 0.2) is 0 Å². The first-order valence-corrected chi connectivity index (χ1v) is 7.69. The molecule has 0 bridgehead atoms. The Morgan fingerprint density at radius 2 is 2.00 bits per heavy atom. The quantitative estimate of drug-likeness (QED) is 0.769. The lowest BCUT2D eigenvalue weighted by atomic mass is 9.97. The van der Waals surface area contributed by atoms with Gasteiger partial charge in [-0.15, -0.1) is 11.3 Å². The van der Waals surface area contributed by atoms with E-state index >= 15 is 0 Å². The second-order valence-electron chi connectivity index (χ2n) is 4.91. The van der Waals surface area contributed by atoms with E-state index in [2.05, 4.69) is 24.0 Å². The average Bonchev–Trinajstić information content (AvgIpc) is 2.91. The first kappa shape index (κ1) is 13.8. The molecule has 1 N–H and O–H groups in total. The number of aromatic carboxylic acids is 1. The number of fused-ring (bicyclic) bond motifs is 1. The first-order chi connectivity index (χ1) is 10.2. The SMILES string of the molecule is CCC(c1ccccc1)c1nc2ccc(C(=O)O)cc2s1. The molecule has 0 aliphatic heterocycles. The maximum absolute atomic E-state index is 11.0. The minimum absolute atomic E-state index is 0.261. The summed E-state index contributed by atoms with van der Waals surface area (Å²) in [5.74, 6) is -0.640. The van der Waals surface area contributed by atoms with E-state index in [0.717, 1.165) is 21.6 Å². The molecule has 1 aromatic heterocycles. The summed E-state index contributed by atoms with van der Waals surface area (Å²) in [4.78, 5) is 15.7. The number of nitrogens with zero attached hydrogens (tertiary/aromatic N) is 1. The molecule has 3 rings (SSSR count). The fraction of sp³-hybridized carbons (Fsp3) is 0.176. The second kappa shape index (κ2) is 5.66. The van der Waals surface area contributed by atoms with E-state index in [9.17, 15) is 4.79 Å². The standard InChI is InChI=1S/C17H15NO2S/c1-2-13(11-6-4-3-5-7-11)16-18-14-9-8-12(17(19)20)10-15(14)21-16/h3-10,13H,2H2,1H3,(H,19,20). The smallest absolute Gasteiger partial charge is 0.335 e. The first-order valence-electron chi connectivity index (χ1n) is 6.87. The molecule has 0 aliphatic carbocycles. The van der Waals surface area contributed by atoms with Gasteiger partial charge < -0.3 is 5.11 Å². The average molecular weight is 297 g/mol. The molecule has 106 valence electrons. The summed E-state index contributed by atoms with van der Waals surface area (Å²) < 4.78 is 0.930. The van der Waals surface area contributed by atoms with E-state index in [1.165, 1.54) is 5.56 Å². The van der Waals surface area contributed by atoms with E-state index in [0.29, 0.717) is 5.56 Å². The van der Waals surface area contributed by atoms with Gasteiger partial charge in [0.1, 0.15) is 5.01 Å². The van der Waals surface area contributed by atoms with Crippen LogP contribution >= 0.6 is 11.3 Å². The molecule has 21 heavy (non-hydrogen) atoms. The molecule has 1 atom stereocenters. The van der Waals surface area contributed by atoms with Gasteiger partial charge in [-0.05, 0) is 30.2 Å². The predicted octanol–water partition coefficient (Wildman–Crippen LogP) is 4.54. The zero-order valence-electron chi connectivity index (χ0n) is 11.6. The van der Waals surface area contributed by atoms with Gasteiger partial charge in [-0.25, -0.2) is 9.78 Å². The van der Waals surface area contributed by atoms with E-state index in [4.69, 9.17) is 5.11 Å². The maximum Gasteiger partial charge on any atom is 0.335 e. The molecular weight excluding hydrogens is 282 g/mol. The number of hydrogen-bond donors (Lipinski definition) is 1. The van der Waals surface area contributed by atoms with Crippen LogP contribution in [0.5, 0.6) is 0 Å². The van der Waals surface area contributed by atoms with Crippen molar-refractivity contribution in [1.82, 2.24) is 4.98 Å². The van der Waals surface area contributed by atoms with Crippen molar-refractivity contribution in [3.8, 4) is 0 Å². The molecule has 0 radical (unpaired) electrons. The summed E-state index contributed by atoms with van der Waals surface area (Å²) in [6.45, 7) is 2.15. The fourth-order valence-corrected chi connectivity index (χ4v) is 3.68. The summed E-state index contributed by atoms with van der Waals surface area (Å²) in [5.41, 5.74) is 2.43. The number of carbonyl (C=O) groups is 1. The lowest BCUT2D eigenvalue weighted by Gasteiger charge is -2.11. The number of rotatable bonds is 4. The number of benzene rings is 2. The highest BCUT2D eigenvalue weighted by atomic mass is 32.1. The normalized spacial score (nSPS) is 12.4. The molecule has 3 aromatic rings. The second-order valence-corrected chi connectivity index (χ2v) is 5.97. The van der Waals surface area contributed by atoms with Gasteiger partial charge in [0.2, 0.25) is 0 Å². The molecule has 1 unspecified atom stereocenters. The Kier molecular flexibility index (Phi) is 3.71. The van der Waals surface area contributed by atoms with Gasteiger partial charge in [-0.1, -0.05) is 37.3 Å². The van der Waals surface area contributed by atoms with Crippen molar-refractivity contribution in [3.63, 3.8) is 0 Å². The minimum Gasteiger partial charge on any atom is -0.478 e. The number of carboxylic acid groups (broad SMARTS) is 1. The van der Waals surface area contributed by atoms with Crippen molar-refractivity contribution >= 4 is 27.5 Å². The minimum atomic E-state index is -0.901. The van der Waals surface area contributed by atoms with Gasteiger partial charge in [0.05, 0.1) is 15.8 Å². The molecular formula is C17H15NO2S.